The minimum atomic E-state index is -4.11. The number of carboxylic acid groups (broad SMARTS) is 1. The predicted molar refractivity (Wildman–Crippen MR) is 117 cm³/mol. The number of hydrogen-bond donors (Lipinski definition) is 2. The topological polar surface area (TPSA) is 101 Å². The molecular weight excluding hydrogens is 470 g/mol. The second kappa shape index (κ2) is 9.06. The fourth-order valence-corrected chi connectivity index (χ4v) is 4.20. The van der Waals surface area contributed by atoms with Crippen LogP contribution in [0.1, 0.15) is 20.7 Å². The van der Waals surface area contributed by atoms with E-state index in [1.807, 2.05) is 0 Å². The van der Waals surface area contributed by atoms with E-state index in [0.717, 1.165) is 10.7 Å². The zero-order chi connectivity index (χ0) is 21.7. The Labute approximate surface area is 181 Å². The van der Waals surface area contributed by atoms with Crippen LogP contribution in [0.25, 0.3) is 0 Å². The number of rotatable bonds is 7. The normalized spacial score (nSPS) is 11.7. The predicted octanol–water partition coefficient (Wildman–Crippen LogP) is 4.76. The van der Waals surface area contributed by atoms with Crippen molar-refractivity contribution < 1.29 is 23.1 Å². The second-order valence-corrected chi connectivity index (χ2v) is 9.02. The van der Waals surface area contributed by atoms with E-state index in [1.165, 1.54) is 48.5 Å². The Morgan fingerprint density at radius 2 is 1.40 bits per heavy atom. The molecule has 3 aromatic carbocycles. The molecule has 0 atom stereocenters. The highest BCUT2D eigenvalue weighted by Gasteiger charge is 2.28. The van der Waals surface area contributed by atoms with E-state index in [4.69, 9.17) is 5.11 Å². The van der Waals surface area contributed by atoms with Crippen molar-refractivity contribution in [3.8, 4) is 0 Å². The summed E-state index contributed by atoms with van der Waals surface area (Å²) in [6, 6.07) is 19.7. The number of hydrogen-bond acceptors (Lipinski definition) is 5. The molecule has 0 unspecified atom stereocenters. The van der Waals surface area contributed by atoms with Crippen LogP contribution in [-0.2, 0) is 9.84 Å². The molecule has 0 bridgehead atoms. The summed E-state index contributed by atoms with van der Waals surface area (Å²) >= 11 is 3.29. The van der Waals surface area contributed by atoms with Gasteiger partial charge < -0.3 is 10.4 Å². The van der Waals surface area contributed by atoms with Crippen molar-refractivity contribution >= 4 is 43.2 Å². The molecule has 0 heterocycles. The van der Waals surface area contributed by atoms with Gasteiger partial charge in [-0.15, -0.1) is 0 Å². The van der Waals surface area contributed by atoms with E-state index in [2.05, 4.69) is 21.2 Å². The quantitative estimate of drug-likeness (QED) is 0.369. The van der Waals surface area contributed by atoms with Gasteiger partial charge >= 0.3 is 5.97 Å². The first-order chi connectivity index (χ1) is 14.3. The first-order valence-corrected chi connectivity index (χ1v) is 11.0. The summed E-state index contributed by atoms with van der Waals surface area (Å²) in [5, 5.41) is 11.8. The molecule has 0 saturated carbocycles. The molecule has 0 aromatic heterocycles. The number of sulfone groups is 1. The monoisotopic (exact) mass is 485 g/mol. The second-order valence-electron chi connectivity index (χ2n) is 6.19. The van der Waals surface area contributed by atoms with Gasteiger partial charge in [0.05, 0.1) is 10.5 Å². The van der Waals surface area contributed by atoms with Crippen LogP contribution in [0.3, 0.4) is 0 Å². The van der Waals surface area contributed by atoms with Gasteiger partial charge in [0.2, 0.25) is 15.6 Å². The smallest absolute Gasteiger partial charge is 0.335 e. The minimum absolute atomic E-state index is 0.00950. The molecule has 0 radical (unpaired) electrons. The number of anilines is 1. The molecule has 152 valence electrons. The van der Waals surface area contributed by atoms with Gasteiger partial charge in [-0.3, -0.25) is 4.79 Å². The highest BCUT2D eigenvalue weighted by molar-refractivity contribution is 9.10. The minimum Gasteiger partial charge on any atom is -0.478 e. The molecule has 6 nitrogen and oxygen atoms in total. The van der Waals surface area contributed by atoms with E-state index < -0.39 is 26.5 Å². The molecule has 2 N–H and O–H groups in total. The van der Waals surface area contributed by atoms with Crippen molar-refractivity contribution in [3.63, 3.8) is 0 Å². The number of nitrogens with one attached hydrogen (secondary N) is 1. The molecule has 0 spiro atoms. The lowest BCUT2D eigenvalue weighted by Gasteiger charge is -2.10. The average Bonchev–Trinajstić information content (AvgIpc) is 2.75. The van der Waals surface area contributed by atoms with Crippen LogP contribution in [0.4, 0.5) is 5.69 Å². The molecule has 0 aliphatic rings. The van der Waals surface area contributed by atoms with Gasteiger partial charge in [-0.2, -0.15) is 0 Å². The standard InChI is InChI=1S/C22H16BrNO5S/c23-17-10-6-15(7-11-17)21(25)20(30(28,29)19-4-2-1-3-5-19)14-24-18-12-8-16(9-13-18)22(26)27/h1-14,24H,(H,26,27)/b20-14+. The summed E-state index contributed by atoms with van der Waals surface area (Å²) in [7, 11) is -4.11. The summed E-state index contributed by atoms with van der Waals surface area (Å²) < 4.78 is 27.1. The Morgan fingerprint density at radius 3 is 1.97 bits per heavy atom. The fourth-order valence-electron chi connectivity index (χ4n) is 2.59. The van der Waals surface area contributed by atoms with Crippen molar-refractivity contribution in [3.05, 3.63) is 106 Å². The van der Waals surface area contributed by atoms with Crippen LogP contribution in [0.5, 0.6) is 0 Å². The van der Waals surface area contributed by atoms with Crippen LogP contribution in [0.15, 0.2) is 99.3 Å². The average molecular weight is 486 g/mol. The molecule has 0 aliphatic heterocycles. The third-order valence-corrected chi connectivity index (χ3v) is 6.48. The zero-order valence-electron chi connectivity index (χ0n) is 15.4. The van der Waals surface area contributed by atoms with Crippen LogP contribution < -0.4 is 5.32 Å². The van der Waals surface area contributed by atoms with Crippen molar-refractivity contribution in [1.82, 2.24) is 0 Å². The van der Waals surface area contributed by atoms with E-state index in [1.54, 1.807) is 30.3 Å². The van der Waals surface area contributed by atoms with Crippen molar-refractivity contribution in [1.29, 1.82) is 0 Å². The summed E-state index contributed by atoms with van der Waals surface area (Å²) in [6.07, 6.45) is 1.13. The number of Topliss-reactive ketones (excluding diaryl/α,β-unsaturated/α-hetero) is 1. The molecule has 8 heteroatoms. The van der Waals surface area contributed by atoms with Crippen molar-refractivity contribution in [2.45, 2.75) is 4.90 Å². The maximum absolute atomic E-state index is 13.2. The summed E-state index contributed by atoms with van der Waals surface area (Å²) in [5.74, 6) is -1.74. The number of ketones is 1. The molecule has 0 amide bonds. The Bertz CT molecular complexity index is 1200. The Balaban J connectivity index is 2.02. The molecule has 30 heavy (non-hydrogen) atoms. The van der Waals surface area contributed by atoms with Gasteiger partial charge in [0.15, 0.2) is 0 Å². The summed E-state index contributed by atoms with van der Waals surface area (Å²) in [5.41, 5.74) is 0.740. The number of benzene rings is 3. The molecule has 0 saturated heterocycles. The van der Waals surface area contributed by atoms with E-state index in [-0.39, 0.29) is 16.0 Å². The molecule has 0 aliphatic carbocycles. The Kier molecular flexibility index (Phi) is 6.49. The lowest BCUT2D eigenvalue weighted by atomic mass is 10.1. The maximum Gasteiger partial charge on any atom is 0.335 e. The van der Waals surface area contributed by atoms with Crippen LogP contribution >= 0.6 is 15.9 Å². The third-order valence-electron chi connectivity index (χ3n) is 4.18. The van der Waals surface area contributed by atoms with Gasteiger partial charge in [-0.05, 0) is 60.7 Å². The Morgan fingerprint density at radius 1 is 0.833 bits per heavy atom. The lowest BCUT2D eigenvalue weighted by molar-refractivity contribution is 0.0696. The van der Waals surface area contributed by atoms with Gasteiger partial charge in [0.25, 0.3) is 0 Å². The number of aromatic carboxylic acids is 1. The largest absolute Gasteiger partial charge is 0.478 e. The summed E-state index contributed by atoms with van der Waals surface area (Å²) in [4.78, 5) is 23.6. The van der Waals surface area contributed by atoms with Gasteiger partial charge in [0, 0.05) is 21.9 Å². The molecule has 3 aromatic rings. The van der Waals surface area contributed by atoms with Crippen molar-refractivity contribution in [2.24, 2.45) is 0 Å². The fraction of sp³-hybridized carbons (Fsp3) is 0. The summed E-state index contributed by atoms with van der Waals surface area (Å²) in [6.45, 7) is 0. The lowest BCUT2D eigenvalue weighted by Crippen LogP contribution is -2.16. The first kappa shape index (κ1) is 21.5. The maximum atomic E-state index is 13.2. The molecular formula is C22H16BrNO5S. The molecule has 3 rings (SSSR count). The van der Waals surface area contributed by atoms with E-state index >= 15 is 0 Å². The first-order valence-electron chi connectivity index (χ1n) is 8.69. The third kappa shape index (κ3) is 4.84. The number of carbonyl (C=O) groups is 2. The van der Waals surface area contributed by atoms with Crippen LogP contribution in [0.2, 0.25) is 0 Å². The van der Waals surface area contributed by atoms with E-state index in [9.17, 15) is 18.0 Å². The van der Waals surface area contributed by atoms with E-state index in [0.29, 0.717) is 5.69 Å². The molecule has 0 fully saturated rings. The van der Waals surface area contributed by atoms with Crippen LogP contribution in [-0.4, -0.2) is 25.3 Å². The Hall–Kier alpha value is -3.23. The van der Waals surface area contributed by atoms with Gasteiger partial charge in [-0.25, -0.2) is 13.2 Å². The zero-order valence-corrected chi connectivity index (χ0v) is 17.9. The highest BCUT2D eigenvalue weighted by Crippen LogP contribution is 2.24. The number of halogens is 1. The highest BCUT2D eigenvalue weighted by atomic mass is 79.9. The number of carbonyl (C=O) groups excluding carboxylic acids is 1. The van der Waals surface area contributed by atoms with Gasteiger partial charge in [-0.1, -0.05) is 34.1 Å². The SMILES string of the molecule is O=C(O)c1ccc(N/C=C(\C(=O)c2ccc(Br)cc2)S(=O)(=O)c2ccccc2)cc1. The van der Waals surface area contributed by atoms with Gasteiger partial charge in [0.1, 0.15) is 4.91 Å². The number of allylic oxidation sites excluding steroid dienone is 1. The number of carboxylic acids is 1. The van der Waals surface area contributed by atoms with Crippen molar-refractivity contribution in [2.75, 3.05) is 5.32 Å². The van der Waals surface area contributed by atoms with Crippen LogP contribution in [0, 0.1) is 0 Å².